The monoisotopic (exact) mass is 309 g/mol. The number of hydrogen-bond acceptors (Lipinski definition) is 4. The van der Waals surface area contributed by atoms with Crippen LogP contribution >= 0.6 is 0 Å². The third-order valence-corrected chi connectivity index (χ3v) is 5.84. The maximum atomic E-state index is 12.7. The van der Waals surface area contributed by atoms with Gasteiger partial charge >= 0.3 is 0 Å². The molecular weight excluding hydrogens is 290 g/mol. The molecule has 1 amide bonds. The summed E-state index contributed by atoms with van der Waals surface area (Å²) in [5.41, 5.74) is 1.39. The summed E-state index contributed by atoms with van der Waals surface area (Å²) in [5, 5.41) is 5.97. The number of piperazine rings is 1. The molecule has 0 unspecified atom stereocenters. The van der Waals surface area contributed by atoms with Gasteiger partial charge in [0.25, 0.3) is 5.91 Å². The van der Waals surface area contributed by atoms with Crippen LogP contribution in [0.1, 0.15) is 22.8 Å². The van der Waals surface area contributed by atoms with Crippen LogP contribution in [-0.4, -0.2) is 50.9 Å². The van der Waals surface area contributed by atoms with Crippen molar-refractivity contribution in [1.29, 1.82) is 0 Å². The summed E-state index contributed by atoms with van der Waals surface area (Å²) in [6, 6.07) is 5.01. The number of hydrogen-bond donors (Lipinski definition) is 2. The zero-order valence-electron chi connectivity index (χ0n) is 11.9. The van der Waals surface area contributed by atoms with Gasteiger partial charge in [0.15, 0.2) is 0 Å². The summed E-state index contributed by atoms with van der Waals surface area (Å²) < 4.78 is 26.9. The minimum Gasteiger partial charge on any atom is -0.352 e. The molecule has 0 aromatic heterocycles. The van der Waals surface area contributed by atoms with Crippen LogP contribution in [0.4, 0.5) is 0 Å². The number of fused-ring (bicyclic) bond motifs is 1. The van der Waals surface area contributed by atoms with Gasteiger partial charge in [0.05, 0.1) is 4.90 Å². The van der Waals surface area contributed by atoms with Crippen molar-refractivity contribution in [2.75, 3.05) is 26.2 Å². The van der Waals surface area contributed by atoms with E-state index in [0.717, 1.165) is 12.0 Å². The van der Waals surface area contributed by atoms with Gasteiger partial charge in [0.2, 0.25) is 10.0 Å². The first kappa shape index (κ1) is 14.5. The van der Waals surface area contributed by atoms with Crippen LogP contribution in [0.15, 0.2) is 23.1 Å². The molecule has 1 fully saturated rings. The van der Waals surface area contributed by atoms with Gasteiger partial charge in [0, 0.05) is 37.8 Å². The average molecular weight is 309 g/mol. The van der Waals surface area contributed by atoms with E-state index >= 15 is 0 Å². The van der Waals surface area contributed by atoms with Crippen molar-refractivity contribution in [3.63, 3.8) is 0 Å². The van der Waals surface area contributed by atoms with E-state index in [1.807, 2.05) is 6.92 Å². The molecule has 21 heavy (non-hydrogen) atoms. The summed E-state index contributed by atoms with van der Waals surface area (Å²) in [6.07, 6.45) is 0.742. The molecule has 0 aliphatic carbocycles. The molecule has 0 bridgehead atoms. The first-order valence-electron chi connectivity index (χ1n) is 7.13. The Morgan fingerprint density at radius 3 is 2.86 bits per heavy atom. The fraction of sp³-hybridized carbons (Fsp3) is 0.500. The molecule has 0 radical (unpaired) electrons. The highest BCUT2D eigenvalue weighted by molar-refractivity contribution is 7.89. The van der Waals surface area contributed by atoms with E-state index in [4.69, 9.17) is 0 Å². The Kier molecular flexibility index (Phi) is 3.73. The largest absolute Gasteiger partial charge is 0.352 e. The molecule has 3 rings (SSSR count). The molecule has 1 aromatic carbocycles. The van der Waals surface area contributed by atoms with Crippen LogP contribution < -0.4 is 10.6 Å². The number of rotatable bonds is 2. The number of amides is 1. The highest BCUT2D eigenvalue weighted by atomic mass is 32.2. The fourth-order valence-electron chi connectivity index (χ4n) is 2.82. The lowest BCUT2D eigenvalue weighted by Crippen LogP contribution is -2.51. The SMILES string of the molecule is C[C@@H]1CN(S(=O)(=O)c2ccc3c(c2)C(=O)NCC3)CCN1. The highest BCUT2D eigenvalue weighted by Crippen LogP contribution is 2.22. The van der Waals surface area contributed by atoms with E-state index in [2.05, 4.69) is 10.6 Å². The van der Waals surface area contributed by atoms with Crippen LogP contribution in [-0.2, 0) is 16.4 Å². The molecule has 1 atom stereocenters. The first-order valence-corrected chi connectivity index (χ1v) is 8.57. The molecule has 6 nitrogen and oxygen atoms in total. The Balaban J connectivity index is 1.96. The zero-order chi connectivity index (χ0) is 15.0. The van der Waals surface area contributed by atoms with Crippen LogP contribution in [0.2, 0.25) is 0 Å². The molecule has 2 aliphatic heterocycles. The second kappa shape index (κ2) is 5.40. The Hall–Kier alpha value is -1.44. The van der Waals surface area contributed by atoms with Crippen molar-refractivity contribution in [3.05, 3.63) is 29.3 Å². The molecule has 2 aliphatic rings. The van der Waals surface area contributed by atoms with Crippen molar-refractivity contribution >= 4 is 15.9 Å². The van der Waals surface area contributed by atoms with Crippen molar-refractivity contribution < 1.29 is 13.2 Å². The zero-order valence-corrected chi connectivity index (χ0v) is 12.7. The molecule has 114 valence electrons. The van der Waals surface area contributed by atoms with E-state index < -0.39 is 10.0 Å². The molecule has 1 saturated heterocycles. The Labute approximate surface area is 124 Å². The van der Waals surface area contributed by atoms with Crippen LogP contribution in [0.25, 0.3) is 0 Å². The van der Waals surface area contributed by atoms with Gasteiger partial charge in [-0.3, -0.25) is 4.79 Å². The minimum absolute atomic E-state index is 0.134. The van der Waals surface area contributed by atoms with Crippen LogP contribution in [0.3, 0.4) is 0 Å². The lowest BCUT2D eigenvalue weighted by Gasteiger charge is -2.31. The van der Waals surface area contributed by atoms with Crippen molar-refractivity contribution in [2.24, 2.45) is 0 Å². The molecule has 2 heterocycles. The predicted molar refractivity (Wildman–Crippen MR) is 78.7 cm³/mol. The van der Waals surface area contributed by atoms with E-state index in [1.54, 1.807) is 12.1 Å². The smallest absolute Gasteiger partial charge is 0.251 e. The molecule has 0 saturated carbocycles. The lowest BCUT2D eigenvalue weighted by atomic mass is 10.0. The number of sulfonamides is 1. The Bertz CT molecular complexity index is 672. The highest BCUT2D eigenvalue weighted by Gasteiger charge is 2.29. The van der Waals surface area contributed by atoms with Crippen molar-refractivity contribution in [2.45, 2.75) is 24.3 Å². The summed E-state index contributed by atoms with van der Waals surface area (Å²) in [7, 11) is -3.54. The fourth-order valence-corrected chi connectivity index (χ4v) is 4.37. The Morgan fingerprint density at radius 2 is 2.10 bits per heavy atom. The van der Waals surface area contributed by atoms with Gasteiger partial charge < -0.3 is 10.6 Å². The van der Waals surface area contributed by atoms with Gasteiger partial charge in [-0.1, -0.05) is 6.07 Å². The summed E-state index contributed by atoms with van der Waals surface area (Å²) in [5.74, 6) is -0.193. The van der Waals surface area contributed by atoms with Gasteiger partial charge in [0.1, 0.15) is 0 Å². The summed E-state index contributed by atoms with van der Waals surface area (Å²) in [4.78, 5) is 12.1. The third-order valence-electron chi connectivity index (χ3n) is 3.98. The summed E-state index contributed by atoms with van der Waals surface area (Å²) in [6.45, 7) is 4.11. The number of carbonyl (C=O) groups is 1. The Morgan fingerprint density at radius 1 is 1.29 bits per heavy atom. The van der Waals surface area contributed by atoms with Crippen LogP contribution in [0, 0.1) is 0 Å². The molecular formula is C14H19N3O3S. The molecule has 2 N–H and O–H groups in total. The van der Waals surface area contributed by atoms with Crippen LogP contribution in [0.5, 0.6) is 0 Å². The average Bonchev–Trinajstić information content (AvgIpc) is 2.47. The quantitative estimate of drug-likeness (QED) is 0.803. The number of nitrogens with one attached hydrogen (secondary N) is 2. The van der Waals surface area contributed by atoms with E-state index in [-0.39, 0.29) is 16.8 Å². The maximum absolute atomic E-state index is 12.7. The molecule has 7 heteroatoms. The second-order valence-electron chi connectivity index (χ2n) is 5.54. The third kappa shape index (κ3) is 2.68. The lowest BCUT2D eigenvalue weighted by molar-refractivity contribution is 0.0945. The van der Waals surface area contributed by atoms with E-state index in [1.165, 1.54) is 10.4 Å². The van der Waals surface area contributed by atoms with Gasteiger partial charge in [-0.2, -0.15) is 4.31 Å². The maximum Gasteiger partial charge on any atom is 0.251 e. The first-order chi connectivity index (χ1) is 9.98. The van der Waals surface area contributed by atoms with Gasteiger partial charge in [-0.25, -0.2) is 8.42 Å². The van der Waals surface area contributed by atoms with Crippen molar-refractivity contribution in [3.8, 4) is 0 Å². The van der Waals surface area contributed by atoms with E-state index in [9.17, 15) is 13.2 Å². The van der Waals surface area contributed by atoms with Gasteiger partial charge in [-0.15, -0.1) is 0 Å². The number of nitrogens with zero attached hydrogens (tertiary/aromatic N) is 1. The summed E-state index contributed by atoms with van der Waals surface area (Å²) >= 11 is 0. The molecule has 1 aromatic rings. The number of benzene rings is 1. The predicted octanol–water partition coefficient (Wildman–Crippen LogP) is -0.0451. The number of carbonyl (C=O) groups excluding carboxylic acids is 1. The topological polar surface area (TPSA) is 78.5 Å². The second-order valence-corrected chi connectivity index (χ2v) is 7.48. The normalized spacial score (nSPS) is 23.5. The van der Waals surface area contributed by atoms with E-state index in [0.29, 0.717) is 31.7 Å². The minimum atomic E-state index is -3.54. The standard InChI is InChI=1S/C14H19N3O3S/c1-10-9-17(7-6-15-10)21(19,20)12-3-2-11-4-5-16-14(18)13(11)8-12/h2-3,8,10,15H,4-7,9H2,1H3,(H,16,18)/t10-/m1/s1. The van der Waals surface area contributed by atoms with Gasteiger partial charge in [-0.05, 0) is 31.0 Å². The molecule has 0 spiro atoms. The van der Waals surface area contributed by atoms with Crippen molar-refractivity contribution in [1.82, 2.24) is 14.9 Å².